The number of H-pyrrole nitrogens is 1. The highest BCUT2D eigenvalue weighted by Crippen LogP contribution is 2.49. The molecular formula is C43H49N8O14P. The molecule has 350 valence electrons. The van der Waals surface area contributed by atoms with E-state index in [0.717, 1.165) is 5.56 Å². The second-order valence-electron chi connectivity index (χ2n) is 15.1. The lowest BCUT2D eigenvalue weighted by atomic mass is 9.86. The molecule has 2 aliphatic heterocycles. The average Bonchev–Trinajstić information content (AvgIpc) is 3.52. The van der Waals surface area contributed by atoms with Gasteiger partial charge in [-0.1, -0.05) is 36.4 Å². The van der Waals surface area contributed by atoms with Gasteiger partial charge in [0.1, 0.15) is 6.04 Å². The summed E-state index contributed by atoms with van der Waals surface area (Å²) in [5.41, 5.74) is 0.883. The number of ketones is 1. The number of aromatic nitrogens is 4. The zero-order valence-electron chi connectivity index (χ0n) is 35.9. The van der Waals surface area contributed by atoms with Gasteiger partial charge in [-0.2, -0.15) is 4.98 Å². The molecule has 1 saturated heterocycles. The van der Waals surface area contributed by atoms with E-state index in [-0.39, 0.29) is 74.4 Å². The Labute approximate surface area is 377 Å². The minimum absolute atomic E-state index is 0.000528. The summed E-state index contributed by atoms with van der Waals surface area (Å²) in [6.45, 7) is 3.78. The highest BCUT2D eigenvalue weighted by Gasteiger charge is 2.58. The number of nitrogens with one attached hydrogen (secondary N) is 4. The first-order valence-electron chi connectivity index (χ1n) is 21.1. The van der Waals surface area contributed by atoms with Crippen LogP contribution in [-0.2, 0) is 59.9 Å². The Morgan fingerprint density at radius 1 is 0.909 bits per heavy atom. The van der Waals surface area contributed by atoms with Crippen molar-refractivity contribution >= 4 is 66.1 Å². The maximum atomic E-state index is 14.3. The Bertz CT molecular complexity index is 2550. The Morgan fingerprint density at radius 2 is 1.62 bits per heavy atom. The van der Waals surface area contributed by atoms with Crippen LogP contribution in [0.3, 0.4) is 0 Å². The lowest BCUT2D eigenvalue weighted by molar-refractivity contribution is -0.153. The second-order valence-corrected chi connectivity index (χ2v) is 16.7. The van der Waals surface area contributed by atoms with E-state index in [0.29, 0.717) is 24.2 Å². The van der Waals surface area contributed by atoms with Crippen molar-refractivity contribution < 1.29 is 61.9 Å². The number of amides is 2. The standard InChI is InChI=1S/C43H49N8O14P/c1-3-63-66(61,64-4-2)65-21-9-8-20-62-42(60)34-33(30-17-18-31(52)36(34)51(30)24-25-10-6-5-7-11-25)39(56)49-43-48-37-35(40(57)50-43)46-28(23-45-37)22-44-27-14-12-26(13-15-27)38(55)47-29(41(58)59)16-19-32(53)54/h5-7,10-15,17-18,23,29-30,33-34,36,44H,3-4,8-9,16,19-22,24H2,1-2H3,(H,47,55)(H,53,54)(H,58,59)(H2,45,48,49,50,56,57)/t29-,30+,33?,34?,36-/m0/s1. The molecular weight excluding hydrogens is 883 g/mol. The number of hydrogen-bond donors (Lipinski definition) is 6. The van der Waals surface area contributed by atoms with Crippen LogP contribution in [0.2, 0.25) is 0 Å². The van der Waals surface area contributed by atoms with Gasteiger partial charge >= 0.3 is 31.3 Å². The van der Waals surface area contributed by atoms with Crippen molar-refractivity contribution in [1.29, 1.82) is 0 Å². The molecule has 0 saturated carbocycles. The molecule has 2 aliphatic rings. The molecule has 0 spiro atoms. The summed E-state index contributed by atoms with van der Waals surface area (Å²) in [5.74, 6) is -7.79. The number of benzene rings is 2. The Kier molecular flexibility index (Phi) is 16.6. The van der Waals surface area contributed by atoms with Crippen molar-refractivity contribution in [3.05, 3.63) is 100 Å². The maximum Gasteiger partial charge on any atom is 0.474 e. The molecule has 1 fully saturated rings. The van der Waals surface area contributed by atoms with E-state index in [1.165, 1.54) is 24.4 Å². The van der Waals surface area contributed by atoms with Gasteiger partial charge in [0.2, 0.25) is 11.9 Å². The second kappa shape index (κ2) is 22.5. The number of carboxylic acids is 2. The zero-order valence-corrected chi connectivity index (χ0v) is 36.8. The van der Waals surface area contributed by atoms with Crippen LogP contribution in [0.5, 0.6) is 0 Å². The minimum Gasteiger partial charge on any atom is -0.481 e. The summed E-state index contributed by atoms with van der Waals surface area (Å²) in [6, 6.07) is 12.1. The molecule has 2 aromatic heterocycles. The molecule has 66 heavy (non-hydrogen) atoms. The molecule has 6 N–H and O–H groups in total. The number of nitrogens with zero attached hydrogens (tertiary/aromatic N) is 4. The predicted octanol–water partition coefficient (Wildman–Crippen LogP) is 3.46. The number of carbonyl (C=O) groups excluding carboxylic acids is 4. The fourth-order valence-electron chi connectivity index (χ4n) is 7.54. The molecule has 2 bridgehead atoms. The average molecular weight is 933 g/mol. The van der Waals surface area contributed by atoms with Crippen LogP contribution in [0.1, 0.15) is 61.1 Å². The van der Waals surface area contributed by atoms with Crippen molar-refractivity contribution in [3.63, 3.8) is 0 Å². The van der Waals surface area contributed by atoms with E-state index in [4.69, 9.17) is 23.4 Å². The first-order valence-corrected chi connectivity index (χ1v) is 22.5. The van der Waals surface area contributed by atoms with Gasteiger partial charge in [-0.15, -0.1) is 0 Å². The molecule has 5 atom stereocenters. The van der Waals surface area contributed by atoms with E-state index in [1.54, 1.807) is 37.0 Å². The highest BCUT2D eigenvalue weighted by atomic mass is 31.2. The smallest absolute Gasteiger partial charge is 0.474 e. The summed E-state index contributed by atoms with van der Waals surface area (Å²) in [5, 5.41) is 26.2. The van der Waals surface area contributed by atoms with Crippen LogP contribution in [0.25, 0.3) is 11.2 Å². The molecule has 22 nitrogen and oxygen atoms in total. The van der Waals surface area contributed by atoms with Crippen molar-refractivity contribution in [2.45, 2.75) is 70.7 Å². The zero-order chi connectivity index (χ0) is 47.4. The number of rotatable bonds is 24. The monoisotopic (exact) mass is 932 g/mol. The van der Waals surface area contributed by atoms with Crippen LogP contribution in [0.4, 0.5) is 11.6 Å². The normalized spacial score (nSPS) is 18.4. The van der Waals surface area contributed by atoms with Crippen molar-refractivity contribution in [3.8, 4) is 0 Å². The lowest BCUT2D eigenvalue weighted by Gasteiger charge is -2.31. The summed E-state index contributed by atoms with van der Waals surface area (Å²) < 4.78 is 33.9. The third-order valence-corrected chi connectivity index (χ3v) is 12.2. The number of carboxylic acid groups (broad SMARTS) is 2. The summed E-state index contributed by atoms with van der Waals surface area (Å²) in [4.78, 5) is 107. The SMILES string of the molecule is CCOP(=O)(OCC)OCCCCOC(=O)C1C(C(=O)Nc2nc(=O)c3nc(CNc4ccc(C(=O)N[C@@H](CCC(=O)O)C(=O)O)cc4)cnc3[nH]2)[C@H]2C=CC(=O)[C@@H]1N2Cc1ccccc1. The van der Waals surface area contributed by atoms with Gasteiger partial charge in [0.25, 0.3) is 5.91 Å². The van der Waals surface area contributed by atoms with Crippen molar-refractivity contribution in [1.82, 2.24) is 30.2 Å². The molecule has 0 radical (unpaired) electrons. The quantitative estimate of drug-likeness (QED) is 0.0333. The van der Waals surface area contributed by atoms with E-state index in [2.05, 4.69) is 35.9 Å². The van der Waals surface area contributed by atoms with Gasteiger partial charge in [-0.05, 0) is 69.0 Å². The highest BCUT2D eigenvalue weighted by molar-refractivity contribution is 7.48. The van der Waals surface area contributed by atoms with Gasteiger partial charge in [0.15, 0.2) is 16.9 Å². The maximum absolute atomic E-state index is 14.3. The van der Waals surface area contributed by atoms with Gasteiger partial charge in [-0.25, -0.2) is 19.3 Å². The largest absolute Gasteiger partial charge is 0.481 e. The van der Waals surface area contributed by atoms with E-state index < -0.39 is 79.5 Å². The number of esters is 1. The number of aliphatic carboxylic acids is 2. The van der Waals surface area contributed by atoms with Gasteiger partial charge in [0, 0.05) is 30.3 Å². The molecule has 4 aromatic rings. The minimum atomic E-state index is -3.72. The number of aromatic amines is 1. The lowest BCUT2D eigenvalue weighted by Crippen LogP contribution is -2.45. The predicted molar refractivity (Wildman–Crippen MR) is 234 cm³/mol. The number of hydrogen-bond acceptors (Lipinski definition) is 17. The molecule has 23 heteroatoms. The van der Waals surface area contributed by atoms with Crippen molar-refractivity contribution in [2.24, 2.45) is 11.8 Å². The molecule has 2 unspecified atom stereocenters. The number of anilines is 2. The van der Waals surface area contributed by atoms with E-state index in [1.807, 2.05) is 30.3 Å². The van der Waals surface area contributed by atoms with Crippen molar-refractivity contribution in [2.75, 3.05) is 37.1 Å². The van der Waals surface area contributed by atoms with Gasteiger partial charge in [-0.3, -0.25) is 52.6 Å². The number of phosphoric ester groups is 1. The molecule has 2 aromatic carbocycles. The van der Waals surface area contributed by atoms with E-state index >= 15 is 0 Å². The van der Waals surface area contributed by atoms with Gasteiger partial charge in [0.05, 0.1) is 62.7 Å². The topological polar surface area (TPSA) is 308 Å². The Hall–Kier alpha value is -6.71. The number of unbranched alkanes of at least 4 members (excludes halogenated alkanes) is 1. The first-order chi connectivity index (χ1) is 31.7. The summed E-state index contributed by atoms with van der Waals surface area (Å²) in [7, 11) is -3.72. The van der Waals surface area contributed by atoms with Crippen LogP contribution >= 0.6 is 7.82 Å². The van der Waals surface area contributed by atoms with E-state index in [9.17, 15) is 43.2 Å². The molecule has 4 heterocycles. The molecule has 2 amide bonds. The van der Waals surface area contributed by atoms with Crippen LogP contribution in [-0.4, -0.2) is 115 Å². The Balaban J connectivity index is 1.12. The number of phosphoric acid groups is 1. The van der Waals surface area contributed by atoms with Crippen LogP contribution < -0.4 is 21.5 Å². The van der Waals surface area contributed by atoms with Gasteiger partial charge < -0.3 is 30.6 Å². The molecule has 6 rings (SSSR count). The fourth-order valence-corrected chi connectivity index (χ4v) is 8.75. The number of fused-ring (bicyclic) bond motifs is 3. The fraction of sp³-hybridized carbons (Fsp3) is 0.395. The number of ether oxygens (including phenoxy) is 1. The summed E-state index contributed by atoms with van der Waals surface area (Å²) >= 11 is 0. The number of carbonyl (C=O) groups is 6. The first kappa shape index (κ1) is 48.7. The van der Waals surface area contributed by atoms with Crippen LogP contribution in [0, 0.1) is 11.8 Å². The summed E-state index contributed by atoms with van der Waals surface area (Å²) in [6.07, 6.45) is 4.23. The van der Waals surface area contributed by atoms with Crippen LogP contribution in [0.15, 0.2) is 77.7 Å². The molecule has 0 aliphatic carbocycles. The third-order valence-electron chi connectivity index (χ3n) is 10.6. The third kappa shape index (κ3) is 12.3. The Morgan fingerprint density at radius 3 is 2.30 bits per heavy atom.